The van der Waals surface area contributed by atoms with Crippen LogP contribution in [0.25, 0.3) is 0 Å². The molecular formula is C16H14ClN5O6S2. The smallest absolute Gasteiger partial charge is 0.353 e. The summed E-state index contributed by atoms with van der Waals surface area (Å²) < 4.78 is 0. The average Bonchev–Trinajstić information content (AvgIpc) is 3.43. The second-order valence-corrected chi connectivity index (χ2v) is 8.88. The highest BCUT2D eigenvalue weighted by Crippen LogP contribution is 2.41. The minimum absolute atomic E-state index is 0.0691. The van der Waals surface area contributed by atoms with Crippen molar-refractivity contribution in [2.75, 3.05) is 11.1 Å². The number of carboxylic acid groups (broad SMARTS) is 1. The lowest BCUT2D eigenvalue weighted by Gasteiger charge is -2.48. The van der Waals surface area contributed by atoms with Gasteiger partial charge in [0.25, 0.3) is 11.8 Å². The number of aliphatic carboxylic acids is 1. The molecule has 0 bridgehead atoms. The first-order valence-electron chi connectivity index (χ1n) is 8.68. The van der Waals surface area contributed by atoms with Crippen LogP contribution < -0.4 is 10.6 Å². The van der Waals surface area contributed by atoms with Crippen molar-refractivity contribution in [3.05, 3.63) is 21.8 Å². The summed E-state index contributed by atoms with van der Waals surface area (Å²) in [5, 5.41) is 19.5. The summed E-state index contributed by atoms with van der Waals surface area (Å²) in [6, 6.07) is -0.945. The molecule has 158 valence electrons. The maximum absolute atomic E-state index is 12.9. The van der Waals surface area contributed by atoms with Crippen molar-refractivity contribution in [1.29, 1.82) is 0 Å². The number of rotatable bonds is 8. The molecule has 1 aromatic heterocycles. The van der Waals surface area contributed by atoms with Gasteiger partial charge in [0.05, 0.1) is 5.03 Å². The van der Waals surface area contributed by atoms with Gasteiger partial charge in [0.2, 0.25) is 6.41 Å². The lowest BCUT2D eigenvalue weighted by Crippen LogP contribution is -2.71. The highest BCUT2D eigenvalue weighted by molar-refractivity contribution is 8.00. The molecule has 1 saturated heterocycles. The molecule has 0 spiro atoms. The van der Waals surface area contributed by atoms with Gasteiger partial charge in [0.1, 0.15) is 28.9 Å². The Labute approximate surface area is 182 Å². The van der Waals surface area contributed by atoms with E-state index in [4.69, 9.17) is 16.4 Å². The lowest BCUT2D eigenvalue weighted by atomic mass is 10.0. The first-order valence-corrected chi connectivity index (χ1v) is 11.0. The van der Waals surface area contributed by atoms with Gasteiger partial charge in [-0.3, -0.25) is 19.3 Å². The van der Waals surface area contributed by atoms with Crippen LogP contribution in [0.3, 0.4) is 0 Å². The molecular weight excluding hydrogens is 458 g/mol. The quantitative estimate of drug-likeness (QED) is 0.215. The first-order chi connectivity index (χ1) is 14.4. The number of carboxylic acids is 1. The minimum Gasteiger partial charge on any atom is -0.477 e. The molecule has 1 aliphatic carbocycles. The molecule has 30 heavy (non-hydrogen) atoms. The number of fused-ring (bicyclic) bond motifs is 1. The van der Waals surface area contributed by atoms with Gasteiger partial charge in [0.15, 0.2) is 10.8 Å². The number of hydrogen-bond donors (Lipinski definition) is 3. The van der Waals surface area contributed by atoms with E-state index in [1.165, 1.54) is 17.1 Å². The highest BCUT2D eigenvalue weighted by Gasteiger charge is 2.54. The van der Waals surface area contributed by atoms with Gasteiger partial charge < -0.3 is 20.6 Å². The molecule has 3 heterocycles. The monoisotopic (exact) mass is 471 g/mol. The number of halogens is 1. The normalized spacial score (nSPS) is 23.4. The third kappa shape index (κ3) is 3.87. The Balaban J connectivity index is 1.52. The van der Waals surface area contributed by atoms with Crippen molar-refractivity contribution in [3.8, 4) is 0 Å². The molecule has 14 heteroatoms. The van der Waals surface area contributed by atoms with E-state index in [2.05, 4.69) is 20.8 Å². The summed E-state index contributed by atoms with van der Waals surface area (Å²) in [4.78, 5) is 57.9. The Morgan fingerprint density at radius 2 is 2.20 bits per heavy atom. The van der Waals surface area contributed by atoms with Gasteiger partial charge in [-0.15, -0.1) is 23.1 Å². The summed E-state index contributed by atoms with van der Waals surface area (Å²) in [6.45, 7) is 0. The zero-order chi connectivity index (χ0) is 21.4. The number of hydrogen-bond acceptors (Lipinski definition) is 9. The van der Waals surface area contributed by atoms with E-state index in [1.807, 2.05) is 0 Å². The number of carbonyl (C=O) groups excluding carboxylic acids is 3. The molecule has 2 aliphatic heterocycles. The van der Waals surface area contributed by atoms with E-state index >= 15 is 0 Å². The van der Waals surface area contributed by atoms with Gasteiger partial charge in [-0.05, 0) is 12.8 Å². The maximum atomic E-state index is 12.9. The topological polar surface area (TPSA) is 150 Å². The minimum atomic E-state index is -1.30. The van der Waals surface area contributed by atoms with Crippen LogP contribution in [0.2, 0.25) is 0 Å². The second kappa shape index (κ2) is 8.24. The SMILES string of the molecule is O=CNc1nc(/C(=N/OC2CC2)C(=O)N[C@@H]2C(=O)N3C(C(=O)O)=C(Cl)CS[C@H]23)cs1. The number of thioether (sulfide) groups is 1. The summed E-state index contributed by atoms with van der Waals surface area (Å²) in [7, 11) is 0. The predicted molar refractivity (Wildman–Crippen MR) is 108 cm³/mol. The van der Waals surface area contributed by atoms with Crippen LogP contribution in [0, 0.1) is 0 Å². The Kier molecular flexibility index (Phi) is 5.66. The van der Waals surface area contributed by atoms with Crippen molar-refractivity contribution >= 4 is 69.7 Å². The Morgan fingerprint density at radius 1 is 1.43 bits per heavy atom. The van der Waals surface area contributed by atoms with Crippen molar-refractivity contribution in [2.45, 2.75) is 30.4 Å². The lowest BCUT2D eigenvalue weighted by molar-refractivity contribution is -0.150. The Hall–Kier alpha value is -2.64. The van der Waals surface area contributed by atoms with E-state index in [1.54, 1.807) is 0 Å². The van der Waals surface area contributed by atoms with Crippen LogP contribution in [0.15, 0.2) is 21.3 Å². The molecule has 3 amide bonds. The number of β-lactam (4-membered cyclic amide) rings is 1. The van der Waals surface area contributed by atoms with Crippen LogP contribution in [0.4, 0.5) is 5.13 Å². The molecule has 1 saturated carbocycles. The van der Waals surface area contributed by atoms with Gasteiger partial charge in [-0.2, -0.15) is 0 Å². The van der Waals surface area contributed by atoms with Crippen molar-refractivity contribution in [2.24, 2.45) is 5.16 Å². The zero-order valence-corrected chi connectivity index (χ0v) is 17.4. The fourth-order valence-corrected chi connectivity index (χ4v) is 5.00. The van der Waals surface area contributed by atoms with E-state index < -0.39 is 29.2 Å². The fraction of sp³-hybridized carbons (Fsp3) is 0.375. The van der Waals surface area contributed by atoms with Crippen LogP contribution in [0.5, 0.6) is 0 Å². The molecule has 2 fully saturated rings. The van der Waals surface area contributed by atoms with Gasteiger partial charge in [0, 0.05) is 11.1 Å². The van der Waals surface area contributed by atoms with Gasteiger partial charge >= 0.3 is 5.97 Å². The number of thiazole rings is 1. The Bertz CT molecular complexity index is 991. The number of amides is 3. The van der Waals surface area contributed by atoms with E-state index in [0.717, 1.165) is 29.1 Å². The average molecular weight is 472 g/mol. The maximum Gasteiger partial charge on any atom is 0.353 e. The summed E-state index contributed by atoms with van der Waals surface area (Å²) >= 11 is 8.29. The first kappa shape index (κ1) is 20.6. The molecule has 11 nitrogen and oxygen atoms in total. The molecule has 0 radical (unpaired) electrons. The predicted octanol–water partition coefficient (Wildman–Crippen LogP) is 0.529. The Morgan fingerprint density at radius 3 is 2.87 bits per heavy atom. The molecule has 4 rings (SSSR count). The number of aromatic nitrogens is 1. The number of nitrogens with zero attached hydrogens (tertiary/aromatic N) is 3. The van der Waals surface area contributed by atoms with Gasteiger partial charge in [-0.1, -0.05) is 16.8 Å². The highest BCUT2D eigenvalue weighted by atomic mass is 35.5. The van der Waals surface area contributed by atoms with Gasteiger partial charge in [-0.25, -0.2) is 9.78 Å². The molecule has 3 N–H and O–H groups in total. The van der Waals surface area contributed by atoms with Crippen LogP contribution >= 0.6 is 34.7 Å². The van der Waals surface area contributed by atoms with Crippen LogP contribution in [-0.4, -0.2) is 68.2 Å². The number of nitrogens with one attached hydrogen (secondary N) is 2. The fourth-order valence-electron chi connectivity index (χ4n) is 2.80. The van der Waals surface area contributed by atoms with Crippen molar-refractivity contribution in [3.63, 3.8) is 0 Å². The number of oxime groups is 1. The van der Waals surface area contributed by atoms with E-state index in [-0.39, 0.29) is 39.1 Å². The molecule has 3 aliphatic rings. The second-order valence-electron chi connectivity index (χ2n) is 6.46. The summed E-state index contributed by atoms with van der Waals surface area (Å²) in [5.74, 6) is -2.38. The van der Waals surface area contributed by atoms with E-state index in [0.29, 0.717) is 6.41 Å². The van der Waals surface area contributed by atoms with Crippen molar-refractivity contribution < 1.29 is 29.1 Å². The molecule has 0 unspecified atom stereocenters. The summed E-state index contributed by atoms with van der Waals surface area (Å²) in [5.41, 5.74) is -0.237. The zero-order valence-electron chi connectivity index (χ0n) is 15.0. The molecule has 2 atom stereocenters. The number of carbonyl (C=O) groups is 4. The third-order valence-electron chi connectivity index (χ3n) is 4.37. The molecule has 0 aromatic carbocycles. The van der Waals surface area contributed by atoms with E-state index in [9.17, 15) is 24.3 Å². The standard InChI is InChI=1S/C16H14ClN5O6S2/c17-7-3-29-14-10(13(25)22(14)11(7)15(26)27)20-12(24)9(21-28-6-1-2-6)8-4-30-16(19-8)18-5-23/h4-6,10,14H,1-3H2,(H,20,24)(H,26,27)(H,18,19,23)/b21-9-/t10-,14-/m1/s1. The largest absolute Gasteiger partial charge is 0.477 e. The third-order valence-corrected chi connectivity index (χ3v) is 6.90. The number of anilines is 1. The van der Waals surface area contributed by atoms with Crippen molar-refractivity contribution in [1.82, 2.24) is 15.2 Å². The van der Waals surface area contributed by atoms with Crippen LogP contribution in [-0.2, 0) is 24.0 Å². The summed E-state index contributed by atoms with van der Waals surface area (Å²) in [6.07, 6.45) is 2.04. The van der Waals surface area contributed by atoms with Crippen LogP contribution in [0.1, 0.15) is 18.5 Å². The molecule has 1 aromatic rings.